The molecule has 0 aliphatic carbocycles. The molecule has 146 valence electrons. The number of aromatic nitrogens is 1. The van der Waals surface area contributed by atoms with Crippen LogP contribution in [-0.4, -0.2) is 25.1 Å². The van der Waals surface area contributed by atoms with E-state index in [1.807, 2.05) is 42.5 Å². The summed E-state index contributed by atoms with van der Waals surface area (Å²) in [5, 5.41) is 4.19. The zero-order valence-corrected chi connectivity index (χ0v) is 17.3. The minimum atomic E-state index is -0.0709. The van der Waals surface area contributed by atoms with E-state index in [2.05, 4.69) is 10.3 Å². The van der Waals surface area contributed by atoms with Gasteiger partial charge in [0.25, 0.3) is 0 Å². The van der Waals surface area contributed by atoms with Gasteiger partial charge in [-0.2, -0.15) is 0 Å². The topological polar surface area (TPSA) is 60.5 Å². The van der Waals surface area contributed by atoms with Gasteiger partial charge >= 0.3 is 0 Å². The van der Waals surface area contributed by atoms with Gasteiger partial charge in [-0.1, -0.05) is 29.8 Å². The Morgan fingerprint density at radius 3 is 2.68 bits per heavy atom. The van der Waals surface area contributed by atoms with Crippen LogP contribution >= 0.6 is 22.9 Å². The lowest BCUT2D eigenvalue weighted by molar-refractivity contribution is -0.116. The number of benzene rings is 2. The first-order valence-electron chi connectivity index (χ1n) is 8.77. The zero-order chi connectivity index (χ0) is 19.9. The third-order valence-electron chi connectivity index (χ3n) is 4.16. The number of anilines is 1. The predicted octanol–water partition coefficient (Wildman–Crippen LogP) is 4.98. The van der Waals surface area contributed by atoms with Crippen LogP contribution in [0.1, 0.15) is 22.4 Å². The molecule has 0 bridgehead atoms. The van der Waals surface area contributed by atoms with Gasteiger partial charge in [0.15, 0.2) is 16.6 Å². The highest BCUT2D eigenvalue weighted by Crippen LogP contribution is 2.28. The fraction of sp³-hybridized carbons (Fsp3) is 0.238. The maximum atomic E-state index is 12.3. The Morgan fingerprint density at radius 2 is 1.93 bits per heavy atom. The fourth-order valence-electron chi connectivity index (χ4n) is 2.77. The Balaban J connectivity index is 1.53. The van der Waals surface area contributed by atoms with Crippen LogP contribution < -0.4 is 14.8 Å². The number of carbonyl (C=O) groups excluding carboxylic acids is 1. The average molecular weight is 417 g/mol. The molecule has 1 aromatic heterocycles. The molecule has 7 heteroatoms. The van der Waals surface area contributed by atoms with Crippen molar-refractivity contribution in [2.45, 2.75) is 19.3 Å². The van der Waals surface area contributed by atoms with Gasteiger partial charge in [0.05, 0.1) is 14.2 Å². The molecular weight excluding hydrogens is 396 g/mol. The Morgan fingerprint density at radius 1 is 1.11 bits per heavy atom. The number of methoxy groups -OCH3 is 2. The number of rotatable bonds is 8. The molecule has 0 atom stereocenters. The number of hydrogen-bond acceptors (Lipinski definition) is 5. The van der Waals surface area contributed by atoms with Crippen molar-refractivity contribution in [1.82, 2.24) is 4.98 Å². The fourth-order valence-corrected chi connectivity index (χ4v) is 3.85. The Hall–Kier alpha value is -2.57. The lowest BCUT2D eigenvalue weighted by atomic mass is 10.1. The van der Waals surface area contributed by atoms with E-state index < -0.39 is 0 Å². The molecule has 2 aromatic carbocycles. The number of aryl methyl sites for hydroxylation is 1. The molecule has 3 aromatic rings. The smallest absolute Gasteiger partial charge is 0.226 e. The summed E-state index contributed by atoms with van der Waals surface area (Å²) in [6, 6.07) is 13.4. The van der Waals surface area contributed by atoms with Gasteiger partial charge in [-0.05, 0) is 41.8 Å². The first-order chi connectivity index (χ1) is 13.6. The lowest BCUT2D eigenvalue weighted by Gasteiger charge is -2.09. The molecule has 1 heterocycles. The molecule has 0 aliphatic rings. The molecule has 0 spiro atoms. The second-order valence-electron chi connectivity index (χ2n) is 6.18. The van der Waals surface area contributed by atoms with Crippen molar-refractivity contribution in [3.63, 3.8) is 0 Å². The molecule has 0 radical (unpaired) electrons. The largest absolute Gasteiger partial charge is 0.493 e. The van der Waals surface area contributed by atoms with Crippen molar-refractivity contribution in [2.24, 2.45) is 0 Å². The Labute approximate surface area is 173 Å². The minimum Gasteiger partial charge on any atom is -0.493 e. The van der Waals surface area contributed by atoms with Crippen molar-refractivity contribution in [1.29, 1.82) is 0 Å². The minimum absolute atomic E-state index is 0.0709. The van der Waals surface area contributed by atoms with Crippen LogP contribution in [0.15, 0.2) is 48.7 Å². The van der Waals surface area contributed by atoms with Crippen molar-refractivity contribution < 1.29 is 14.3 Å². The Kier molecular flexibility index (Phi) is 6.90. The Bertz CT molecular complexity index is 958. The van der Waals surface area contributed by atoms with Gasteiger partial charge in [-0.15, -0.1) is 11.3 Å². The average Bonchev–Trinajstić information content (AvgIpc) is 3.12. The van der Waals surface area contributed by atoms with E-state index in [1.54, 1.807) is 20.4 Å². The second-order valence-corrected chi connectivity index (χ2v) is 7.73. The van der Waals surface area contributed by atoms with Crippen molar-refractivity contribution >= 4 is 34.0 Å². The summed E-state index contributed by atoms with van der Waals surface area (Å²) in [6.45, 7) is 0. The van der Waals surface area contributed by atoms with Crippen LogP contribution in [0.2, 0.25) is 5.02 Å². The van der Waals surface area contributed by atoms with Gasteiger partial charge in [-0.3, -0.25) is 4.79 Å². The lowest BCUT2D eigenvalue weighted by Crippen LogP contribution is -2.12. The zero-order valence-electron chi connectivity index (χ0n) is 15.7. The van der Waals surface area contributed by atoms with Gasteiger partial charge in [0.2, 0.25) is 5.91 Å². The number of carbonyl (C=O) groups is 1. The number of halogens is 1. The summed E-state index contributed by atoms with van der Waals surface area (Å²) in [4.78, 5) is 17.6. The molecule has 3 rings (SSSR count). The normalized spacial score (nSPS) is 10.5. The first kappa shape index (κ1) is 20.2. The molecule has 0 saturated heterocycles. The van der Waals surface area contributed by atoms with Crippen LogP contribution in [0, 0.1) is 0 Å². The number of ether oxygens (including phenoxy) is 2. The molecule has 0 fully saturated rings. The van der Waals surface area contributed by atoms with Crippen LogP contribution in [0.4, 0.5) is 5.13 Å². The van der Waals surface area contributed by atoms with Crippen LogP contribution in [0.5, 0.6) is 11.5 Å². The van der Waals surface area contributed by atoms with Crippen LogP contribution in [0.3, 0.4) is 0 Å². The SMILES string of the molecule is COc1ccc(CCC(=O)Nc2ncc(Cc3cccc(Cl)c3)s2)cc1OC. The van der Waals surface area contributed by atoms with Gasteiger partial charge in [0.1, 0.15) is 0 Å². The number of nitrogens with zero attached hydrogens (tertiary/aromatic N) is 1. The van der Waals surface area contributed by atoms with E-state index in [9.17, 15) is 4.79 Å². The van der Waals surface area contributed by atoms with Gasteiger partial charge < -0.3 is 14.8 Å². The van der Waals surface area contributed by atoms with E-state index in [-0.39, 0.29) is 5.91 Å². The van der Waals surface area contributed by atoms with E-state index in [1.165, 1.54) is 11.3 Å². The summed E-state index contributed by atoms with van der Waals surface area (Å²) < 4.78 is 10.5. The van der Waals surface area contributed by atoms with E-state index in [0.717, 1.165) is 22.4 Å². The molecule has 0 saturated carbocycles. The summed E-state index contributed by atoms with van der Waals surface area (Å²) in [7, 11) is 3.19. The number of nitrogens with one attached hydrogen (secondary N) is 1. The second kappa shape index (κ2) is 9.57. The molecule has 0 unspecified atom stereocenters. The third-order valence-corrected chi connectivity index (χ3v) is 5.30. The highest BCUT2D eigenvalue weighted by atomic mass is 35.5. The van der Waals surface area contributed by atoms with Gasteiger partial charge in [-0.25, -0.2) is 4.98 Å². The van der Waals surface area contributed by atoms with Crippen LogP contribution in [-0.2, 0) is 17.6 Å². The summed E-state index contributed by atoms with van der Waals surface area (Å²) in [5.74, 6) is 1.26. The molecule has 0 aliphatic heterocycles. The van der Waals surface area contributed by atoms with Gasteiger partial charge in [0, 0.05) is 28.9 Å². The van der Waals surface area contributed by atoms with Crippen LogP contribution in [0.25, 0.3) is 0 Å². The monoisotopic (exact) mass is 416 g/mol. The first-order valence-corrected chi connectivity index (χ1v) is 9.96. The van der Waals surface area contributed by atoms with E-state index in [0.29, 0.717) is 34.5 Å². The predicted molar refractivity (Wildman–Crippen MR) is 113 cm³/mol. The molecule has 5 nitrogen and oxygen atoms in total. The summed E-state index contributed by atoms with van der Waals surface area (Å²) in [5.41, 5.74) is 2.12. The molecular formula is C21H21ClN2O3S. The molecule has 28 heavy (non-hydrogen) atoms. The molecule has 1 amide bonds. The highest BCUT2D eigenvalue weighted by molar-refractivity contribution is 7.15. The maximum absolute atomic E-state index is 12.3. The number of thiazole rings is 1. The number of amides is 1. The van der Waals surface area contributed by atoms with E-state index >= 15 is 0 Å². The maximum Gasteiger partial charge on any atom is 0.226 e. The van der Waals surface area contributed by atoms with Crippen molar-refractivity contribution in [2.75, 3.05) is 19.5 Å². The van der Waals surface area contributed by atoms with Crippen molar-refractivity contribution in [3.8, 4) is 11.5 Å². The standard InChI is InChI=1S/C21H21ClN2O3S/c1-26-18-8-6-14(12-19(18)27-2)7-9-20(25)24-21-23-13-17(28-21)11-15-4-3-5-16(22)10-15/h3-6,8,10,12-13H,7,9,11H2,1-2H3,(H,23,24,25). The number of hydrogen-bond donors (Lipinski definition) is 1. The van der Waals surface area contributed by atoms with E-state index in [4.69, 9.17) is 21.1 Å². The summed E-state index contributed by atoms with van der Waals surface area (Å²) >= 11 is 7.49. The summed E-state index contributed by atoms with van der Waals surface area (Å²) in [6.07, 6.45) is 3.49. The molecule has 1 N–H and O–H groups in total. The highest BCUT2D eigenvalue weighted by Gasteiger charge is 2.10. The quantitative estimate of drug-likeness (QED) is 0.562. The van der Waals surface area contributed by atoms with Crippen molar-refractivity contribution in [3.05, 3.63) is 69.7 Å². The third kappa shape index (κ3) is 5.47.